The number of hydrogen-bond acceptors (Lipinski definition) is 4. The Labute approximate surface area is 112 Å². The van der Waals surface area contributed by atoms with Crippen LogP contribution in [0, 0.1) is 11.8 Å². The van der Waals surface area contributed by atoms with E-state index in [1.165, 1.54) is 0 Å². The summed E-state index contributed by atoms with van der Waals surface area (Å²) in [4.78, 5) is 16.5. The number of thiophene rings is 1. The molecule has 0 fully saturated rings. The summed E-state index contributed by atoms with van der Waals surface area (Å²) in [7, 11) is 5.59. The lowest BCUT2D eigenvalue weighted by atomic mass is 10.3. The minimum Gasteiger partial charge on any atom is -0.340 e. The molecular formula is C13H19N3OS. The minimum absolute atomic E-state index is 0.114. The molecule has 98 valence electrons. The molecular weight excluding hydrogens is 246 g/mol. The van der Waals surface area contributed by atoms with Crippen molar-refractivity contribution in [3.8, 4) is 11.8 Å². The zero-order valence-electron chi connectivity index (χ0n) is 11.1. The molecule has 1 rings (SSSR count). The lowest BCUT2D eigenvalue weighted by Gasteiger charge is -2.18. The summed E-state index contributed by atoms with van der Waals surface area (Å²) in [5.41, 5.74) is 6.29. The largest absolute Gasteiger partial charge is 0.340 e. The van der Waals surface area contributed by atoms with E-state index in [1.54, 1.807) is 16.2 Å². The van der Waals surface area contributed by atoms with Crippen LogP contribution in [0.1, 0.15) is 10.4 Å². The highest BCUT2D eigenvalue weighted by Crippen LogP contribution is 2.15. The Kier molecular flexibility index (Phi) is 5.86. The maximum atomic E-state index is 11.8. The normalized spacial score (nSPS) is 10.1. The van der Waals surface area contributed by atoms with Crippen molar-refractivity contribution < 1.29 is 4.79 Å². The summed E-state index contributed by atoms with van der Waals surface area (Å²) in [6.45, 7) is 1.43. The number of amides is 1. The highest BCUT2D eigenvalue weighted by molar-refractivity contribution is 7.10. The van der Waals surface area contributed by atoms with Gasteiger partial charge in [0.05, 0.1) is 19.6 Å². The molecule has 0 aromatic carbocycles. The summed E-state index contributed by atoms with van der Waals surface area (Å²) >= 11 is 1.61. The summed E-state index contributed by atoms with van der Waals surface area (Å²) in [6, 6.07) is 2.01. The van der Waals surface area contributed by atoms with E-state index in [4.69, 9.17) is 5.73 Å². The van der Waals surface area contributed by atoms with Gasteiger partial charge in [0.1, 0.15) is 0 Å². The summed E-state index contributed by atoms with van der Waals surface area (Å²) in [5, 5.41) is 1.99. The molecule has 18 heavy (non-hydrogen) atoms. The zero-order valence-corrected chi connectivity index (χ0v) is 11.9. The lowest BCUT2D eigenvalue weighted by Crippen LogP contribution is -2.34. The predicted octanol–water partition coefficient (Wildman–Crippen LogP) is 0.578. The predicted molar refractivity (Wildman–Crippen MR) is 75.3 cm³/mol. The van der Waals surface area contributed by atoms with Gasteiger partial charge in [-0.15, -0.1) is 11.3 Å². The SMILES string of the molecule is CN(C)CC(=O)N(C)Cc1cc(C#CCN)cs1. The van der Waals surface area contributed by atoms with Gasteiger partial charge in [-0.2, -0.15) is 0 Å². The summed E-state index contributed by atoms with van der Waals surface area (Å²) < 4.78 is 0. The molecule has 2 N–H and O–H groups in total. The topological polar surface area (TPSA) is 49.6 Å². The van der Waals surface area contributed by atoms with Crippen molar-refractivity contribution in [2.45, 2.75) is 6.54 Å². The second kappa shape index (κ2) is 7.17. The molecule has 1 amide bonds. The van der Waals surface area contributed by atoms with E-state index in [0.717, 1.165) is 10.4 Å². The maximum Gasteiger partial charge on any atom is 0.236 e. The second-order valence-corrected chi connectivity index (χ2v) is 5.29. The van der Waals surface area contributed by atoms with Crippen LogP contribution in [0.2, 0.25) is 0 Å². The molecule has 0 saturated carbocycles. The minimum atomic E-state index is 0.114. The molecule has 0 radical (unpaired) electrons. The van der Waals surface area contributed by atoms with Crippen LogP contribution in [0.15, 0.2) is 11.4 Å². The number of likely N-dealkylation sites (N-methyl/N-ethyl adjacent to an activating group) is 2. The third-order valence-electron chi connectivity index (χ3n) is 2.26. The van der Waals surface area contributed by atoms with Crippen molar-refractivity contribution in [1.82, 2.24) is 9.80 Å². The van der Waals surface area contributed by atoms with Crippen LogP contribution in [-0.2, 0) is 11.3 Å². The Hall–Kier alpha value is -1.35. The van der Waals surface area contributed by atoms with Gasteiger partial charge < -0.3 is 15.5 Å². The second-order valence-electron chi connectivity index (χ2n) is 4.30. The van der Waals surface area contributed by atoms with Crippen LogP contribution in [0.3, 0.4) is 0 Å². The van der Waals surface area contributed by atoms with Gasteiger partial charge in [-0.3, -0.25) is 4.79 Å². The van der Waals surface area contributed by atoms with E-state index >= 15 is 0 Å². The number of nitrogens with zero attached hydrogens (tertiary/aromatic N) is 2. The molecule has 0 unspecified atom stereocenters. The van der Waals surface area contributed by atoms with Crippen LogP contribution in [-0.4, -0.2) is 49.9 Å². The molecule has 1 aromatic rings. The average molecular weight is 265 g/mol. The van der Waals surface area contributed by atoms with Gasteiger partial charge in [0.2, 0.25) is 5.91 Å². The Morgan fingerprint density at radius 3 is 2.78 bits per heavy atom. The van der Waals surface area contributed by atoms with Crippen LogP contribution in [0.4, 0.5) is 0 Å². The summed E-state index contributed by atoms with van der Waals surface area (Å²) in [5.74, 6) is 5.91. The van der Waals surface area contributed by atoms with Crippen LogP contribution in [0.25, 0.3) is 0 Å². The monoisotopic (exact) mass is 265 g/mol. The average Bonchev–Trinajstić information content (AvgIpc) is 2.73. The molecule has 0 aliphatic carbocycles. The first-order valence-electron chi connectivity index (χ1n) is 5.68. The van der Waals surface area contributed by atoms with Crippen molar-refractivity contribution in [3.05, 3.63) is 21.9 Å². The van der Waals surface area contributed by atoms with E-state index in [9.17, 15) is 4.79 Å². The third-order valence-corrected chi connectivity index (χ3v) is 3.18. The number of rotatable bonds is 4. The number of nitrogens with two attached hydrogens (primary N) is 1. The maximum absolute atomic E-state index is 11.8. The van der Waals surface area contributed by atoms with Crippen molar-refractivity contribution in [2.75, 3.05) is 34.2 Å². The fourth-order valence-corrected chi connectivity index (χ4v) is 2.26. The van der Waals surface area contributed by atoms with Gasteiger partial charge in [-0.25, -0.2) is 0 Å². The van der Waals surface area contributed by atoms with Gasteiger partial charge in [0, 0.05) is 22.9 Å². The molecule has 4 nitrogen and oxygen atoms in total. The smallest absolute Gasteiger partial charge is 0.236 e. The first-order chi connectivity index (χ1) is 8.52. The first kappa shape index (κ1) is 14.7. The molecule has 0 aliphatic heterocycles. The van der Waals surface area contributed by atoms with Crippen LogP contribution >= 0.6 is 11.3 Å². The van der Waals surface area contributed by atoms with E-state index in [1.807, 2.05) is 37.5 Å². The molecule has 5 heteroatoms. The van der Waals surface area contributed by atoms with Crippen molar-refractivity contribution in [1.29, 1.82) is 0 Å². The third kappa shape index (κ3) is 4.88. The zero-order chi connectivity index (χ0) is 13.5. The fraction of sp³-hybridized carbons (Fsp3) is 0.462. The Morgan fingerprint density at radius 2 is 2.17 bits per heavy atom. The molecule has 0 saturated heterocycles. The number of carbonyl (C=O) groups excluding carboxylic acids is 1. The highest BCUT2D eigenvalue weighted by Gasteiger charge is 2.10. The first-order valence-corrected chi connectivity index (χ1v) is 6.56. The van der Waals surface area contributed by atoms with Crippen molar-refractivity contribution in [2.24, 2.45) is 5.73 Å². The lowest BCUT2D eigenvalue weighted by molar-refractivity contribution is -0.131. The highest BCUT2D eigenvalue weighted by atomic mass is 32.1. The number of hydrogen-bond donors (Lipinski definition) is 1. The van der Waals surface area contributed by atoms with E-state index < -0.39 is 0 Å². The molecule has 0 atom stereocenters. The van der Waals surface area contributed by atoms with E-state index in [-0.39, 0.29) is 5.91 Å². The van der Waals surface area contributed by atoms with Crippen LogP contribution in [0.5, 0.6) is 0 Å². The standard InChI is InChI=1S/C13H19N3OS/c1-15(2)9-13(17)16(3)8-12-7-11(10-18-12)5-4-6-14/h7,10H,6,8-9,14H2,1-3H3. The van der Waals surface area contributed by atoms with Gasteiger partial charge in [-0.05, 0) is 20.2 Å². The molecule has 0 aliphatic rings. The van der Waals surface area contributed by atoms with Gasteiger partial charge in [-0.1, -0.05) is 11.8 Å². The van der Waals surface area contributed by atoms with Crippen molar-refractivity contribution in [3.63, 3.8) is 0 Å². The Bertz CT molecular complexity index is 456. The molecule has 0 spiro atoms. The van der Waals surface area contributed by atoms with Gasteiger partial charge in [0.25, 0.3) is 0 Å². The quantitative estimate of drug-likeness (QED) is 0.810. The van der Waals surface area contributed by atoms with Gasteiger partial charge >= 0.3 is 0 Å². The molecule has 0 bridgehead atoms. The molecule has 1 heterocycles. The van der Waals surface area contributed by atoms with E-state index in [2.05, 4.69) is 11.8 Å². The van der Waals surface area contributed by atoms with E-state index in [0.29, 0.717) is 19.6 Å². The number of carbonyl (C=O) groups is 1. The Balaban J connectivity index is 2.56. The Morgan fingerprint density at radius 1 is 1.44 bits per heavy atom. The van der Waals surface area contributed by atoms with Crippen molar-refractivity contribution >= 4 is 17.2 Å². The fourth-order valence-electron chi connectivity index (χ4n) is 1.40. The van der Waals surface area contributed by atoms with Crippen LogP contribution < -0.4 is 5.73 Å². The molecule has 1 aromatic heterocycles. The van der Waals surface area contributed by atoms with Gasteiger partial charge in [0.15, 0.2) is 0 Å². The summed E-state index contributed by atoms with van der Waals surface area (Å²) in [6.07, 6.45) is 0.